The van der Waals surface area contributed by atoms with Gasteiger partial charge in [-0.15, -0.1) is 0 Å². The Labute approximate surface area is 301 Å². The summed E-state index contributed by atoms with van der Waals surface area (Å²) in [4.78, 5) is 59.8. The van der Waals surface area contributed by atoms with Crippen molar-refractivity contribution in [3.05, 3.63) is 76.9 Å². The van der Waals surface area contributed by atoms with E-state index >= 15 is 0 Å². The van der Waals surface area contributed by atoms with Gasteiger partial charge in [-0.2, -0.15) is 18.2 Å². The Hall–Kier alpha value is -4.39. The van der Waals surface area contributed by atoms with Crippen LogP contribution >= 0.6 is 0 Å². The number of aliphatic hydroxyl groups is 2. The largest absolute Gasteiger partial charge is 0.458 e. The van der Waals surface area contributed by atoms with Gasteiger partial charge in [-0.25, -0.2) is 4.79 Å². The highest BCUT2D eigenvalue weighted by Gasteiger charge is 2.76. The van der Waals surface area contributed by atoms with Crippen LogP contribution in [0.25, 0.3) is 6.08 Å². The zero-order valence-electron chi connectivity index (χ0n) is 28.4. The molecule has 3 aliphatic heterocycles. The third kappa shape index (κ3) is 7.04. The molecule has 14 nitrogen and oxygen atoms in total. The first kappa shape index (κ1) is 36.9. The number of alkyl halides is 3. The lowest BCUT2D eigenvalue weighted by Crippen LogP contribution is -2.71. The second kappa shape index (κ2) is 14.1. The highest BCUT2D eigenvalue weighted by molar-refractivity contribution is 5.96. The van der Waals surface area contributed by atoms with Crippen molar-refractivity contribution in [1.29, 1.82) is 0 Å². The molecule has 2 amide bonds. The number of hydroxylamine groups is 2. The number of amides is 2. The van der Waals surface area contributed by atoms with Crippen molar-refractivity contribution < 1.29 is 66.3 Å². The fourth-order valence-corrected chi connectivity index (χ4v) is 8.01. The number of rotatable bonds is 11. The molecule has 8 atom stereocenters. The summed E-state index contributed by atoms with van der Waals surface area (Å²) in [5.41, 5.74) is 1.48. The maximum atomic E-state index is 14.6. The third-order valence-electron chi connectivity index (χ3n) is 10.3. The first-order valence-electron chi connectivity index (χ1n) is 17.2. The summed E-state index contributed by atoms with van der Waals surface area (Å²) in [5, 5.41) is 26.2. The minimum Gasteiger partial charge on any atom is -0.458 e. The van der Waals surface area contributed by atoms with Gasteiger partial charge in [-0.1, -0.05) is 48.5 Å². The summed E-state index contributed by atoms with van der Waals surface area (Å²) in [6, 6.07) is 11.5. The molecule has 2 bridgehead atoms. The maximum Gasteiger partial charge on any atom is 0.422 e. The number of benzene rings is 2. The quantitative estimate of drug-likeness (QED) is 0.189. The summed E-state index contributed by atoms with van der Waals surface area (Å²) in [5.74, 6) is -4.50. The van der Waals surface area contributed by atoms with Gasteiger partial charge in [0.15, 0.2) is 18.4 Å². The number of esters is 2. The van der Waals surface area contributed by atoms with Gasteiger partial charge in [0.1, 0.15) is 35.9 Å². The lowest BCUT2D eigenvalue weighted by Gasteiger charge is -2.49. The summed E-state index contributed by atoms with van der Waals surface area (Å²) in [7, 11) is 0. The first-order valence-corrected chi connectivity index (χ1v) is 17.2. The van der Waals surface area contributed by atoms with Gasteiger partial charge in [0.05, 0.1) is 19.3 Å². The van der Waals surface area contributed by atoms with E-state index < -0.39 is 90.3 Å². The molecule has 2 aliphatic carbocycles. The maximum absolute atomic E-state index is 14.6. The number of carbonyl (C=O) groups is 4. The van der Waals surface area contributed by atoms with Crippen LogP contribution in [0.4, 0.5) is 13.2 Å². The van der Waals surface area contributed by atoms with E-state index in [0.29, 0.717) is 24.0 Å². The molecule has 1 saturated carbocycles. The first-order chi connectivity index (χ1) is 25.2. The lowest BCUT2D eigenvalue weighted by atomic mass is 9.62. The highest BCUT2D eigenvalue weighted by Crippen LogP contribution is 2.58. The van der Waals surface area contributed by atoms with E-state index in [1.807, 2.05) is 24.3 Å². The van der Waals surface area contributed by atoms with Crippen LogP contribution in [0.1, 0.15) is 35.6 Å². The zero-order valence-corrected chi connectivity index (χ0v) is 28.4. The number of fused-ring (bicyclic) bond motifs is 5. The number of nitrogens with zero attached hydrogens (tertiary/aromatic N) is 1. The van der Waals surface area contributed by atoms with Crippen LogP contribution in [0.3, 0.4) is 0 Å². The Morgan fingerprint density at radius 1 is 1.08 bits per heavy atom. The Morgan fingerprint density at radius 2 is 1.75 bits per heavy atom. The molecule has 4 fully saturated rings. The Balaban J connectivity index is 1.17. The second-order valence-corrected chi connectivity index (χ2v) is 13.9. The SMILES string of the molecule is C[C@H](O)[C@@H](NC(=O)[C@@]12C[C@H]3OC(=O)[C@@H]1N(Cc1ccc(C=CC(=O)OCC(F)(F)F)cc1)O[C@@H]2[C@H]1OC2(Cc4ccccc4C2)O[C@H]13)C(=O)NCCO. The van der Waals surface area contributed by atoms with Crippen LogP contribution in [0.2, 0.25) is 0 Å². The molecule has 0 unspecified atom stereocenters. The monoisotopic (exact) mass is 745 g/mol. The minimum absolute atomic E-state index is 0.0388. The molecular weight excluding hydrogens is 707 g/mol. The van der Waals surface area contributed by atoms with Crippen molar-refractivity contribution >= 4 is 29.8 Å². The molecule has 2 aromatic rings. The summed E-state index contributed by atoms with van der Waals surface area (Å²) in [6.07, 6.45) is -6.71. The van der Waals surface area contributed by atoms with Crippen LogP contribution in [-0.4, -0.2) is 113 Å². The number of halogens is 3. The van der Waals surface area contributed by atoms with Crippen LogP contribution in [-0.2, 0) is 62.3 Å². The highest BCUT2D eigenvalue weighted by atomic mass is 19.4. The van der Waals surface area contributed by atoms with Gasteiger partial charge in [-0.3, -0.25) is 19.2 Å². The molecule has 0 radical (unpaired) electrons. The fraction of sp³-hybridized carbons (Fsp3) is 0.500. The van der Waals surface area contributed by atoms with E-state index in [-0.39, 0.29) is 26.1 Å². The molecule has 284 valence electrons. The summed E-state index contributed by atoms with van der Waals surface area (Å²) < 4.78 is 60.6. The normalized spacial score (nSPS) is 29.3. The van der Waals surface area contributed by atoms with E-state index in [2.05, 4.69) is 15.4 Å². The average Bonchev–Trinajstić information content (AvgIpc) is 3.79. The third-order valence-corrected chi connectivity index (χ3v) is 10.3. The number of carbonyl (C=O) groups excluding carboxylic acids is 4. The Bertz CT molecular complexity index is 1760. The van der Waals surface area contributed by atoms with Gasteiger partial charge in [0.2, 0.25) is 11.8 Å². The summed E-state index contributed by atoms with van der Waals surface area (Å²) >= 11 is 0. The lowest BCUT2D eigenvalue weighted by molar-refractivity contribution is -0.217. The number of ether oxygens (including phenoxy) is 4. The van der Waals surface area contributed by atoms with Crippen molar-refractivity contribution in [1.82, 2.24) is 15.7 Å². The molecule has 5 aliphatic rings. The van der Waals surface area contributed by atoms with Crippen molar-refractivity contribution in [2.24, 2.45) is 5.41 Å². The van der Waals surface area contributed by atoms with Gasteiger partial charge >= 0.3 is 18.1 Å². The standard InChI is InChI=1S/C36H38F3N3O11/c1-19(44)26(31(46)40-12-13-43)41-33(48)35-16-24-27-28(52-34(51-27)14-22-4-2-3-5-23(22)15-34)30(35)53-42(29(35)32(47)50-24)17-21-8-6-20(7-9-21)10-11-25(45)49-18-36(37,38)39/h2-11,19,24,26-30,43-44H,12-18H2,1H3,(H,40,46)(H,41,48)/t19-,24+,26+,27-,28-,29-,30+,35-/m0/s1. The van der Waals surface area contributed by atoms with E-state index in [9.17, 15) is 42.6 Å². The van der Waals surface area contributed by atoms with E-state index in [4.69, 9.17) is 19.0 Å². The predicted octanol–water partition coefficient (Wildman–Crippen LogP) is 0.858. The molecule has 1 spiro atoms. The van der Waals surface area contributed by atoms with E-state index in [0.717, 1.165) is 17.2 Å². The number of hydrogen-bond acceptors (Lipinski definition) is 12. The number of aliphatic hydroxyl groups excluding tert-OH is 2. The second-order valence-electron chi connectivity index (χ2n) is 13.9. The van der Waals surface area contributed by atoms with Crippen LogP contribution in [0.15, 0.2) is 54.6 Å². The predicted molar refractivity (Wildman–Crippen MR) is 174 cm³/mol. The zero-order chi connectivity index (χ0) is 37.7. The van der Waals surface area contributed by atoms with Gasteiger partial charge in [-0.05, 0) is 35.3 Å². The van der Waals surface area contributed by atoms with Crippen molar-refractivity contribution in [2.75, 3.05) is 19.8 Å². The van der Waals surface area contributed by atoms with Crippen molar-refractivity contribution in [3.63, 3.8) is 0 Å². The molecule has 4 N–H and O–H groups in total. The van der Waals surface area contributed by atoms with Crippen LogP contribution in [0.5, 0.6) is 0 Å². The number of nitrogens with one attached hydrogen (secondary N) is 2. The van der Waals surface area contributed by atoms with Gasteiger partial charge < -0.3 is 39.8 Å². The van der Waals surface area contributed by atoms with Gasteiger partial charge in [0, 0.05) is 31.9 Å². The van der Waals surface area contributed by atoms with Crippen LogP contribution in [0, 0.1) is 5.41 Å². The molecule has 17 heteroatoms. The molecule has 53 heavy (non-hydrogen) atoms. The van der Waals surface area contributed by atoms with E-state index in [1.165, 1.54) is 18.1 Å². The smallest absolute Gasteiger partial charge is 0.422 e. The Kier molecular flexibility index (Phi) is 9.84. The topological polar surface area (TPSA) is 182 Å². The van der Waals surface area contributed by atoms with Crippen LogP contribution < -0.4 is 10.6 Å². The van der Waals surface area contributed by atoms with Gasteiger partial charge in [0.25, 0.3) is 0 Å². The van der Waals surface area contributed by atoms with Crippen molar-refractivity contribution in [3.8, 4) is 0 Å². The minimum atomic E-state index is -4.65. The molecule has 7 rings (SSSR count). The molecule has 3 saturated heterocycles. The Morgan fingerprint density at radius 3 is 2.40 bits per heavy atom. The summed E-state index contributed by atoms with van der Waals surface area (Å²) in [6.45, 7) is -0.906. The molecule has 3 heterocycles. The fourth-order valence-electron chi connectivity index (χ4n) is 8.01. The molecule has 2 aromatic carbocycles. The van der Waals surface area contributed by atoms with Crippen molar-refractivity contribution in [2.45, 2.75) is 87.3 Å². The number of hydrogen-bond donors (Lipinski definition) is 4. The molecule has 0 aromatic heterocycles. The molecular formula is C36H38F3N3O11. The van der Waals surface area contributed by atoms with E-state index in [1.54, 1.807) is 24.3 Å². The average molecular weight is 746 g/mol.